The summed E-state index contributed by atoms with van der Waals surface area (Å²) in [6, 6.07) is 1.91. The molecule has 26 heavy (non-hydrogen) atoms. The third kappa shape index (κ3) is 5.40. The van der Waals surface area contributed by atoms with Crippen molar-refractivity contribution in [2.24, 2.45) is 0 Å². The van der Waals surface area contributed by atoms with Gasteiger partial charge >= 0.3 is 5.97 Å². The minimum Gasteiger partial charge on any atom is -0.465 e. The van der Waals surface area contributed by atoms with Gasteiger partial charge in [0, 0.05) is 19.2 Å². The lowest BCUT2D eigenvalue weighted by Crippen LogP contribution is -2.36. The standard InChI is InChI=1S/C19H26N4O3/c1-4-12-23(13-18(25)26-5-2)17(24)9-7-6-8-15-19-16(10-11-20-15)21-14(3)22-19/h4,10-11H,1,5-9,12-13H2,2-3H3,(H,21,22). The number of fused-ring (bicyclic) bond motifs is 1. The van der Waals surface area contributed by atoms with Crippen LogP contribution < -0.4 is 0 Å². The largest absolute Gasteiger partial charge is 0.465 e. The molecule has 0 aliphatic rings. The lowest BCUT2D eigenvalue weighted by molar-refractivity contribution is -0.148. The van der Waals surface area contributed by atoms with Gasteiger partial charge in [-0.15, -0.1) is 6.58 Å². The van der Waals surface area contributed by atoms with Crippen LogP contribution in [-0.4, -0.2) is 51.4 Å². The molecule has 7 nitrogen and oxygen atoms in total. The molecule has 2 rings (SSSR count). The van der Waals surface area contributed by atoms with E-state index in [1.165, 1.54) is 4.90 Å². The van der Waals surface area contributed by atoms with E-state index in [4.69, 9.17) is 4.74 Å². The number of pyridine rings is 1. The van der Waals surface area contributed by atoms with Crippen LogP contribution in [0.15, 0.2) is 24.9 Å². The van der Waals surface area contributed by atoms with Gasteiger partial charge in [-0.25, -0.2) is 4.98 Å². The van der Waals surface area contributed by atoms with E-state index in [1.54, 1.807) is 19.2 Å². The molecule has 0 radical (unpaired) electrons. The van der Waals surface area contributed by atoms with E-state index in [9.17, 15) is 9.59 Å². The quantitative estimate of drug-likeness (QED) is 0.401. The lowest BCUT2D eigenvalue weighted by Gasteiger charge is -2.20. The Morgan fingerprint density at radius 1 is 1.38 bits per heavy atom. The molecule has 0 spiro atoms. The van der Waals surface area contributed by atoms with Gasteiger partial charge in [0.15, 0.2) is 0 Å². The van der Waals surface area contributed by atoms with Crippen LogP contribution in [0.2, 0.25) is 0 Å². The Morgan fingerprint density at radius 3 is 2.92 bits per heavy atom. The number of carbonyl (C=O) groups is 2. The van der Waals surface area contributed by atoms with Crippen molar-refractivity contribution in [3.8, 4) is 0 Å². The van der Waals surface area contributed by atoms with Crippen molar-refractivity contribution in [3.05, 3.63) is 36.4 Å². The summed E-state index contributed by atoms with van der Waals surface area (Å²) in [5.41, 5.74) is 2.82. The Hall–Kier alpha value is -2.70. The second kappa shape index (κ2) is 9.70. The van der Waals surface area contributed by atoms with Crippen LogP contribution in [0.1, 0.15) is 37.7 Å². The second-order valence-corrected chi connectivity index (χ2v) is 6.05. The van der Waals surface area contributed by atoms with Gasteiger partial charge in [0.25, 0.3) is 0 Å². The molecule has 0 saturated heterocycles. The van der Waals surface area contributed by atoms with Crippen molar-refractivity contribution in [3.63, 3.8) is 0 Å². The number of hydrogen-bond acceptors (Lipinski definition) is 5. The number of unbranched alkanes of at least 4 members (excludes halogenated alkanes) is 1. The first kappa shape index (κ1) is 19.6. The fraction of sp³-hybridized carbons (Fsp3) is 0.474. The first-order valence-electron chi connectivity index (χ1n) is 8.89. The average Bonchev–Trinajstić information content (AvgIpc) is 2.99. The summed E-state index contributed by atoms with van der Waals surface area (Å²) in [6.45, 7) is 7.91. The number of nitrogens with zero attached hydrogens (tertiary/aromatic N) is 3. The molecule has 0 aliphatic carbocycles. The van der Waals surface area contributed by atoms with Gasteiger partial charge in [0.05, 0.1) is 17.8 Å². The lowest BCUT2D eigenvalue weighted by atomic mass is 10.1. The Morgan fingerprint density at radius 2 is 2.19 bits per heavy atom. The summed E-state index contributed by atoms with van der Waals surface area (Å²) in [6.07, 6.45) is 6.06. The van der Waals surface area contributed by atoms with Crippen LogP contribution in [0, 0.1) is 6.92 Å². The maximum atomic E-state index is 12.3. The van der Waals surface area contributed by atoms with Crippen molar-refractivity contribution in [1.29, 1.82) is 0 Å². The Kier molecular flexibility index (Phi) is 7.32. The van der Waals surface area contributed by atoms with E-state index >= 15 is 0 Å². The van der Waals surface area contributed by atoms with Gasteiger partial charge in [0.1, 0.15) is 17.9 Å². The SMILES string of the molecule is C=CCN(CC(=O)OCC)C(=O)CCCCc1nccc2[nH]c(C)nc12. The van der Waals surface area contributed by atoms with E-state index < -0.39 is 5.97 Å². The molecule has 0 fully saturated rings. The summed E-state index contributed by atoms with van der Waals surface area (Å²) in [7, 11) is 0. The molecular weight excluding hydrogens is 332 g/mol. The number of rotatable bonds is 10. The Labute approximate surface area is 153 Å². The van der Waals surface area contributed by atoms with Crippen LogP contribution in [-0.2, 0) is 20.7 Å². The molecule has 1 N–H and O–H groups in total. The molecule has 2 aromatic heterocycles. The highest BCUT2D eigenvalue weighted by Gasteiger charge is 2.16. The van der Waals surface area contributed by atoms with Crippen molar-refractivity contribution < 1.29 is 14.3 Å². The predicted molar refractivity (Wildman–Crippen MR) is 99.6 cm³/mol. The summed E-state index contributed by atoms with van der Waals surface area (Å²) in [5.74, 6) is 0.399. The van der Waals surface area contributed by atoms with Crippen LogP contribution >= 0.6 is 0 Å². The molecule has 2 heterocycles. The third-order valence-corrected chi connectivity index (χ3v) is 3.98. The molecule has 0 aliphatic heterocycles. The number of hydrogen-bond donors (Lipinski definition) is 1. The number of aromatic nitrogens is 3. The summed E-state index contributed by atoms with van der Waals surface area (Å²) < 4.78 is 4.91. The molecule has 2 aromatic rings. The van der Waals surface area contributed by atoms with Crippen molar-refractivity contribution in [1.82, 2.24) is 19.9 Å². The smallest absolute Gasteiger partial charge is 0.325 e. The fourth-order valence-corrected chi connectivity index (χ4v) is 2.80. The van der Waals surface area contributed by atoms with Gasteiger partial charge in [-0.2, -0.15) is 0 Å². The van der Waals surface area contributed by atoms with Crippen LogP contribution in [0.3, 0.4) is 0 Å². The number of carbonyl (C=O) groups excluding carboxylic acids is 2. The van der Waals surface area contributed by atoms with E-state index in [2.05, 4.69) is 21.5 Å². The van der Waals surface area contributed by atoms with E-state index in [-0.39, 0.29) is 12.5 Å². The molecule has 0 atom stereocenters. The maximum absolute atomic E-state index is 12.3. The predicted octanol–water partition coefficient (Wildman–Crippen LogP) is 2.56. The average molecular weight is 358 g/mol. The molecular formula is C19H26N4O3. The second-order valence-electron chi connectivity index (χ2n) is 6.05. The van der Waals surface area contributed by atoms with Gasteiger partial charge in [-0.1, -0.05) is 6.08 Å². The Balaban J connectivity index is 1.84. The summed E-state index contributed by atoms with van der Waals surface area (Å²) in [5, 5.41) is 0. The minimum absolute atomic E-state index is 0.0356. The first-order valence-corrected chi connectivity index (χ1v) is 8.89. The highest BCUT2D eigenvalue weighted by atomic mass is 16.5. The highest BCUT2D eigenvalue weighted by molar-refractivity contribution is 5.82. The first-order chi connectivity index (χ1) is 12.5. The maximum Gasteiger partial charge on any atom is 0.325 e. The number of ether oxygens (including phenoxy) is 1. The molecule has 7 heteroatoms. The van der Waals surface area contributed by atoms with Gasteiger partial charge in [0.2, 0.25) is 5.91 Å². The topological polar surface area (TPSA) is 88.2 Å². The zero-order valence-electron chi connectivity index (χ0n) is 15.5. The van der Waals surface area contributed by atoms with E-state index in [0.29, 0.717) is 19.6 Å². The normalized spacial score (nSPS) is 10.7. The number of imidazole rings is 1. The molecule has 0 aromatic carbocycles. The number of H-pyrrole nitrogens is 1. The van der Waals surface area contributed by atoms with E-state index in [0.717, 1.165) is 41.8 Å². The summed E-state index contributed by atoms with van der Waals surface area (Å²) >= 11 is 0. The number of amides is 1. The number of aromatic amines is 1. The molecule has 0 saturated carbocycles. The molecule has 0 bridgehead atoms. The zero-order chi connectivity index (χ0) is 18.9. The van der Waals surface area contributed by atoms with Gasteiger partial charge < -0.3 is 14.6 Å². The van der Waals surface area contributed by atoms with Crippen LogP contribution in [0.4, 0.5) is 0 Å². The van der Waals surface area contributed by atoms with Crippen LogP contribution in [0.5, 0.6) is 0 Å². The minimum atomic E-state index is -0.396. The number of esters is 1. The monoisotopic (exact) mass is 358 g/mol. The third-order valence-electron chi connectivity index (χ3n) is 3.98. The zero-order valence-corrected chi connectivity index (χ0v) is 15.5. The van der Waals surface area contributed by atoms with Gasteiger partial charge in [-0.05, 0) is 39.2 Å². The van der Waals surface area contributed by atoms with Gasteiger partial charge in [-0.3, -0.25) is 14.6 Å². The van der Waals surface area contributed by atoms with E-state index in [1.807, 2.05) is 13.0 Å². The van der Waals surface area contributed by atoms with Crippen LogP contribution in [0.25, 0.3) is 11.0 Å². The fourth-order valence-electron chi connectivity index (χ4n) is 2.80. The summed E-state index contributed by atoms with van der Waals surface area (Å²) in [4.78, 5) is 37.5. The number of nitrogens with one attached hydrogen (secondary N) is 1. The molecule has 140 valence electrons. The van der Waals surface area contributed by atoms with Crippen molar-refractivity contribution >= 4 is 22.9 Å². The number of aryl methyl sites for hydroxylation is 2. The van der Waals surface area contributed by atoms with Crippen molar-refractivity contribution in [2.45, 2.75) is 39.5 Å². The molecule has 0 unspecified atom stereocenters. The highest BCUT2D eigenvalue weighted by Crippen LogP contribution is 2.16. The molecule has 1 amide bonds. The van der Waals surface area contributed by atoms with Crippen molar-refractivity contribution in [2.75, 3.05) is 19.7 Å². The Bertz CT molecular complexity index is 769.